The van der Waals surface area contributed by atoms with E-state index in [1.54, 1.807) is 11.3 Å². The number of piperidine rings is 1. The summed E-state index contributed by atoms with van der Waals surface area (Å²) in [5.41, 5.74) is 3.97. The Morgan fingerprint density at radius 3 is 2.35 bits per heavy atom. The van der Waals surface area contributed by atoms with Gasteiger partial charge in [-0.1, -0.05) is 42.5 Å². The first-order valence-corrected chi connectivity index (χ1v) is 10.4. The molecule has 1 aliphatic heterocycles. The predicted octanol–water partition coefficient (Wildman–Crippen LogP) is 5.50. The molecule has 0 spiro atoms. The van der Waals surface area contributed by atoms with Crippen molar-refractivity contribution in [2.45, 2.75) is 25.4 Å². The molecule has 0 aliphatic carbocycles. The summed E-state index contributed by atoms with van der Waals surface area (Å²) >= 11 is 1.73. The van der Waals surface area contributed by atoms with E-state index in [0.717, 1.165) is 44.6 Å². The zero-order valence-corrected chi connectivity index (χ0v) is 15.8. The van der Waals surface area contributed by atoms with Crippen LogP contribution < -0.4 is 4.74 Å². The van der Waals surface area contributed by atoms with Gasteiger partial charge in [-0.15, -0.1) is 0 Å². The van der Waals surface area contributed by atoms with Crippen LogP contribution in [0.2, 0.25) is 0 Å². The third-order valence-corrected chi connectivity index (χ3v) is 5.79. The van der Waals surface area contributed by atoms with E-state index in [1.807, 2.05) is 0 Å². The van der Waals surface area contributed by atoms with Gasteiger partial charge in [0.05, 0.1) is 0 Å². The van der Waals surface area contributed by atoms with Gasteiger partial charge in [0.25, 0.3) is 0 Å². The molecule has 3 heteroatoms. The number of benzene rings is 2. The van der Waals surface area contributed by atoms with Crippen LogP contribution in [0.15, 0.2) is 71.4 Å². The summed E-state index contributed by atoms with van der Waals surface area (Å²) in [5, 5.41) is 4.30. The van der Waals surface area contributed by atoms with Crippen LogP contribution in [0.3, 0.4) is 0 Å². The van der Waals surface area contributed by atoms with Crippen molar-refractivity contribution in [3.63, 3.8) is 0 Å². The minimum Gasteiger partial charge on any atom is -0.490 e. The maximum absolute atomic E-state index is 6.21. The van der Waals surface area contributed by atoms with E-state index in [0.29, 0.717) is 6.10 Å². The summed E-state index contributed by atoms with van der Waals surface area (Å²) in [6.45, 7) is 3.40. The highest BCUT2D eigenvalue weighted by molar-refractivity contribution is 7.08. The second-order valence-corrected chi connectivity index (χ2v) is 7.71. The molecule has 0 atom stereocenters. The minimum absolute atomic E-state index is 0.343. The van der Waals surface area contributed by atoms with Crippen molar-refractivity contribution < 1.29 is 4.74 Å². The molecule has 0 N–H and O–H groups in total. The minimum atomic E-state index is 0.343. The topological polar surface area (TPSA) is 12.5 Å². The number of nitrogens with zero attached hydrogens (tertiary/aromatic N) is 1. The van der Waals surface area contributed by atoms with Gasteiger partial charge in [0.1, 0.15) is 11.9 Å². The molecule has 1 aromatic heterocycles. The molecule has 4 rings (SSSR count). The van der Waals surface area contributed by atoms with Crippen LogP contribution in [0.25, 0.3) is 11.1 Å². The molecule has 0 bridgehead atoms. The standard InChI is InChI=1S/C23H25NOS/c1-2-4-19(5-3-1)10-14-24-15-11-23(12-16-24)25-22-8-6-20(7-9-22)21-13-17-26-18-21/h1-9,13,17-18,23H,10-12,14-16H2. The Morgan fingerprint density at radius 2 is 1.65 bits per heavy atom. The van der Waals surface area contributed by atoms with E-state index in [4.69, 9.17) is 4.74 Å². The van der Waals surface area contributed by atoms with Crippen molar-refractivity contribution >= 4 is 11.3 Å². The zero-order valence-electron chi connectivity index (χ0n) is 15.0. The second-order valence-electron chi connectivity index (χ2n) is 6.93. The van der Waals surface area contributed by atoms with Gasteiger partial charge in [0.2, 0.25) is 0 Å². The lowest BCUT2D eigenvalue weighted by Gasteiger charge is -2.32. The molecule has 2 heterocycles. The maximum Gasteiger partial charge on any atom is 0.119 e. The van der Waals surface area contributed by atoms with Crippen molar-refractivity contribution in [3.05, 3.63) is 77.0 Å². The van der Waals surface area contributed by atoms with Gasteiger partial charge in [0.15, 0.2) is 0 Å². The average Bonchev–Trinajstić information content (AvgIpc) is 3.24. The van der Waals surface area contributed by atoms with E-state index in [2.05, 4.69) is 76.3 Å². The lowest BCUT2D eigenvalue weighted by atomic mass is 10.1. The summed E-state index contributed by atoms with van der Waals surface area (Å²) < 4.78 is 6.21. The van der Waals surface area contributed by atoms with Gasteiger partial charge >= 0.3 is 0 Å². The first-order chi connectivity index (χ1) is 12.9. The Labute approximate surface area is 160 Å². The molecule has 1 fully saturated rings. The Kier molecular flexibility index (Phi) is 5.68. The summed E-state index contributed by atoms with van der Waals surface area (Å²) in [4.78, 5) is 2.56. The molecule has 0 radical (unpaired) electrons. The predicted molar refractivity (Wildman–Crippen MR) is 110 cm³/mol. The van der Waals surface area contributed by atoms with E-state index in [-0.39, 0.29) is 0 Å². The van der Waals surface area contributed by atoms with Crippen LogP contribution in [0, 0.1) is 0 Å². The van der Waals surface area contributed by atoms with Crippen LogP contribution >= 0.6 is 11.3 Å². The average molecular weight is 364 g/mol. The van der Waals surface area contributed by atoms with Crippen LogP contribution in [-0.2, 0) is 6.42 Å². The summed E-state index contributed by atoms with van der Waals surface area (Å²) in [7, 11) is 0. The number of thiophene rings is 1. The van der Waals surface area contributed by atoms with Crippen molar-refractivity contribution in [1.82, 2.24) is 4.90 Å². The molecule has 1 saturated heterocycles. The third kappa shape index (κ3) is 4.54. The highest BCUT2D eigenvalue weighted by Gasteiger charge is 2.20. The molecule has 2 aromatic carbocycles. The maximum atomic E-state index is 6.21. The summed E-state index contributed by atoms with van der Waals surface area (Å²) in [5.74, 6) is 0.992. The molecular weight excluding hydrogens is 338 g/mol. The Hall–Kier alpha value is -2.10. The summed E-state index contributed by atoms with van der Waals surface area (Å²) in [6, 6.07) is 21.5. The number of likely N-dealkylation sites (tertiary alicyclic amines) is 1. The molecule has 2 nitrogen and oxygen atoms in total. The molecule has 0 saturated carbocycles. The lowest BCUT2D eigenvalue weighted by Crippen LogP contribution is -2.39. The van der Waals surface area contributed by atoms with E-state index < -0.39 is 0 Å². The van der Waals surface area contributed by atoms with Crippen LogP contribution in [0.5, 0.6) is 5.75 Å². The second kappa shape index (κ2) is 8.52. The van der Waals surface area contributed by atoms with E-state index >= 15 is 0 Å². The van der Waals surface area contributed by atoms with Gasteiger partial charge in [-0.2, -0.15) is 11.3 Å². The largest absolute Gasteiger partial charge is 0.490 e. The fourth-order valence-corrected chi connectivity index (χ4v) is 4.19. The fourth-order valence-electron chi connectivity index (χ4n) is 3.53. The van der Waals surface area contributed by atoms with Gasteiger partial charge < -0.3 is 9.64 Å². The normalized spacial score (nSPS) is 15.8. The third-order valence-electron chi connectivity index (χ3n) is 5.11. The SMILES string of the molecule is c1ccc(CCN2CCC(Oc3ccc(-c4ccsc4)cc3)CC2)cc1. The first kappa shape index (κ1) is 17.3. The Morgan fingerprint density at radius 1 is 0.885 bits per heavy atom. The fraction of sp³-hybridized carbons (Fsp3) is 0.304. The number of ether oxygens (including phenoxy) is 1. The van der Waals surface area contributed by atoms with Crippen molar-refractivity contribution in [3.8, 4) is 16.9 Å². The molecule has 3 aromatic rings. The van der Waals surface area contributed by atoms with Crippen molar-refractivity contribution in [2.75, 3.05) is 19.6 Å². The number of hydrogen-bond acceptors (Lipinski definition) is 3. The van der Waals surface area contributed by atoms with Gasteiger partial charge in [-0.05, 0) is 64.9 Å². The monoisotopic (exact) mass is 363 g/mol. The van der Waals surface area contributed by atoms with Crippen LogP contribution in [0.4, 0.5) is 0 Å². The smallest absolute Gasteiger partial charge is 0.119 e. The molecule has 0 amide bonds. The highest BCUT2D eigenvalue weighted by atomic mass is 32.1. The van der Waals surface area contributed by atoms with Gasteiger partial charge in [0, 0.05) is 19.6 Å². The summed E-state index contributed by atoms with van der Waals surface area (Å²) in [6.07, 6.45) is 3.70. The molecule has 26 heavy (non-hydrogen) atoms. The molecule has 0 unspecified atom stereocenters. The van der Waals surface area contributed by atoms with Crippen LogP contribution in [-0.4, -0.2) is 30.6 Å². The quantitative estimate of drug-likeness (QED) is 0.573. The number of rotatable bonds is 6. The Balaban J connectivity index is 1.23. The van der Waals surface area contributed by atoms with E-state index in [9.17, 15) is 0 Å². The zero-order chi connectivity index (χ0) is 17.6. The first-order valence-electron chi connectivity index (χ1n) is 9.42. The molecular formula is C23H25NOS. The molecule has 1 aliphatic rings. The number of hydrogen-bond donors (Lipinski definition) is 0. The highest BCUT2D eigenvalue weighted by Crippen LogP contribution is 2.26. The lowest BCUT2D eigenvalue weighted by molar-refractivity contribution is 0.101. The van der Waals surface area contributed by atoms with Gasteiger partial charge in [-0.3, -0.25) is 0 Å². The van der Waals surface area contributed by atoms with Crippen LogP contribution in [0.1, 0.15) is 18.4 Å². The van der Waals surface area contributed by atoms with E-state index in [1.165, 1.54) is 16.7 Å². The van der Waals surface area contributed by atoms with Gasteiger partial charge in [-0.25, -0.2) is 0 Å². The van der Waals surface area contributed by atoms with Crippen molar-refractivity contribution in [1.29, 1.82) is 0 Å². The Bertz CT molecular complexity index is 775. The molecule has 134 valence electrons. The van der Waals surface area contributed by atoms with Crippen molar-refractivity contribution in [2.24, 2.45) is 0 Å².